The van der Waals surface area contributed by atoms with Crippen LogP contribution in [0.5, 0.6) is 0 Å². The zero-order valence-electron chi connectivity index (χ0n) is 13.2. The van der Waals surface area contributed by atoms with Gasteiger partial charge in [-0.25, -0.2) is 17.2 Å². The van der Waals surface area contributed by atoms with Crippen molar-refractivity contribution >= 4 is 52.7 Å². The Bertz CT molecular complexity index is 1350. The first kappa shape index (κ1) is 17.9. The van der Waals surface area contributed by atoms with E-state index in [1.165, 1.54) is 24.3 Å². The van der Waals surface area contributed by atoms with Crippen molar-refractivity contribution in [3.63, 3.8) is 0 Å². The SMILES string of the molecule is O=c1sc2ccc(F)cc2cc1S(=O)(=O)c1cc2cc(F)ccc2sc1=O. The Kier molecular flexibility index (Phi) is 4.17. The lowest BCUT2D eigenvalue weighted by atomic mass is 10.2. The molecule has 0 radical (unpaired) electrons. The predicted molar refractivity (Wildman–Crippen MR) is 102 cm³/mol. The third-order valence-electron chi connectivity index (χ3n) is 3.90. The standard InChI is InChI=1S/C18H8F2O4S3/c19-11-1-3-13-9(5-11)7-15(17(21)25-13)27(23,24)16-8-10-6-12(20)2-4-14(10)26-18(16)22/h1-8H. The summed E-state index contributed by atoms with van der Waals surface area (Å²) in [6, 6.07) is 9.45. The van der Waals surface area contributed by atoms with Crippen molar-refractivity contribution in [2.45, 2.75) is 9.79 Å². The molecular formula is C18H8F2O4S3. The summed E-state index contributed by atoms with van der Waals surface area (Å²) in [6.07, 6.45) is 0. The Hall–Kier alpha value is -2.49. The number of benzene rings is 2. The minimum atomic E-state index is -4.46. The molecule has 27 heavy (non-hydrogen) atoms. The van der Waals surface area contributed by atoms with Crippen LogP contribution in [0.1, 0.15) is 0 Å². The van der Waals surface area contributed by atoms with Gasteiger partial charge in [0.1, 0.15) is 21.4 Å². The van der Waals surface area contributed by atoms with Gasteiger partial charge in [-0.2, -0.15) is 0 Å². The Morgan fingerprint density at radius 1 is 0.667 bits per heavy atom. The van der Waals surface area contributed by atoms with E-state index in [1.807, 2.05) is 0 Å². The first-order chi connectivity index (χ1) is 12.8. The number of hydrogen-bond acceptors (Lipinski definition) is 6. The molecule has 0 saturated carbocycles. The molecule has 2 aromatic carbocycles. The maximum absolute atomic E-state index is 13.5. The van der Waals surface area contributed by atoms with Gasteiger partial charge in [0, 0.05) is 9.40 Å². The third-order valence-corrected chi connectivity index (χ3v) is 7.92. The maximum Gasteiger partial charge on any atom is 0.251 e. The van der Waals surface area contributed by atoms with Crippen LogP contribution >= 0.6 is 22.7 Å². The van der Waals surface area contributed by atoms with Crippen LogP contribution in [0.2, 0.25) is 0 Å². The number of halogens is 2. The molecule has 0 fully saturated rings. The summed E-state index contributed by atoms with van der Waals surface area (Å²) in [4.78, 5) is 23.5. The smallest absolute Gasteiger partial charge is 0.251 e. The van der Waals surface area contributed by atoms with Crippen molar-refractivity contribution in [2.75, 3.05) is 0 Å². The van der Waals surface area contributed by atoms with Gasteiger partial charge < -0.3 is 0 Å². The molecule has 2 heterocycles. The summed E-state index contributed by atoms with van der Waals surface area (Å²) in [7, 11) is -4.46. The lowest BCUT2D eigenvalue weighted by Gasteiger charge is -2.06. The summed E-state index contributed by atoms with van der Waals surface area (Å²) < 4.78 is 52.1. The number of fused-ring (bicyclic) bond motifs is 2. The van der Waals surface area contributed by atoms with Crippen LogP contribution in [0.25, 0.3) is 20.2 Å². The lowest BCUT2D eigenvalue weighted by molar-refractivity contribution is 0.595. The topological polar surface area (TPSA) is 68.3 Å². The fraction of sp³-hybridized carbons (Fsp3) is 0. The first-order valence-electron chi connectivity index (χ1n) is 7.48. The third kappa shape index (κ3) is 3.07. The molecule has 0 atom stereocenters. The first-order valence-corrected chi connectivity index (χ1v) is 10.6. The van der Waals surface area contributed by atoms with Gasteiger partial charge in [-0.05, 0) is 59.3 Å². The van der Waals surface area contributed by atoms with Crippen LogP contribution in [-0.4, -0.2) is 8.42 Å². The highest BCUT2D eigenvalue weighted by Crippen LogP contribution is 2.26. The van der Waals surface area contributed by atoms with Crippen LogP contribution < -0.4 is 9.48 Å². The summed E-state index contributed by atoms with van der Waals surface area (Å²) in [6.45, 7) is 0. The average Bonchev–Trinajstić information content (AvgIpc) is 2.61. The van der Waals surface area contributed by atoms with E-state index in [0.29, 0.717) is 32.1 Å². The monoisotopic (exact) mass is 422 g/mol. The van der Waals surface area contributed by atoms with Crippen molar-refractivity contribution in [3.8, 4) is 0 Å². The van der Waals surface area contributed by atoms with E-state index in [4.69, 9.17) is 0 Å². The second-order valence-corrected chi connectivity index (χ2v) is 9.58. The fourth-order valence-corrected chi connectivity index (χ4v) is 6.25. The molecule has 0 aliphatic carbocycles. The minimum Gasteiger partial charge on any atom is -0.276 e. The van der Waals surface area contributed by atoms with Gasteiger partial charge in [0.05, 0.1) is 0 Å². The number of sulfone groups is 1. The summed E-state index contributed by atoms with van der Waals surface area (Å²) >= 11 is 1.30. The van der Waals surface area contributed by atoms with Crippen LogP contribution in [0.3, 0.4) is 0 Å². The van der Waals surface area contributed by atoms with Crippen LogP contribution in [-0.2, 0) is 9.84 Å². The van der Waals surface area contributed by atoms with Crippen molar-refractivity contribution in [1.29, 1.82) is 0 Å². The predicted octanol–water partition coefficient (Wildman–Crippen LogP) is 3.95. The average molecular weight is 422 g/mol. The number of rotatable bonds is 2. The van der Waals surface area contributed by atoms with E-state index in [9.17, 15) is 26.8 Å². The van der Waals surface area contributed by atoms with Crippen molar-refractivity contribution in [1.82, 2.24) is 0 Å². The van der Waals surface area contributed by atoms with Crippen molar-refractivity contribution in [3.05, 3.63) is 79.2 Å². The molecule has 9 heteroatoms. The molecule has 136 valence electrons. The summed E-state index contributed by atoms with van der Waals surface area (Å²) in [5, 5.41) is 0.474. The Labute approximate surface area is 158 Å². The molecule has 0 unspecified atom stereocenters. The molecule has 2 aromatic heterocycles. The van der Waals surface area contributed by atoms with Gasteiger partial charge in [0.15, 0.2) is 0 Å². The normalized spacial score (nSPS) is 11.9. The van der Waals surface area contributed by atoms with Gasteiger partial charge in [0.2, 0.25) is 9.84 Å². The molecule has 0 bridgehead atoms. The zero-order chi connectivity index (χ0) is 19.3. The van der Waals surface area contributed by atoms with Gasteiger partial charge >= 0.3 is 0 Å². The Balaban J connectivity index is 2.01. The quantitative estimate of drug-likeness (QED) is 0.491. The van der Waals surface area contributed by atoms with Gasteiger partial charge in [-0.3, -0.25) is 9.59 Å². The largest absolute Gasteiger partial charge is 0.276 e. The van der Waals surface area contributed by atoms with Gasteiger partial charge in [-0.1, -0.05) is 22.7 Å². The highest BCUT2D eigenvalue weighted by Gasteiger charge is 2.26. The van der Waals surface area contributed by atoms with E-state index in [1.54, 1.807) is 0 Å². The number of hydrogen-bond donors (Lipinski definition) is 0. The highest BCUT2D eigenvalue weighted by atomic mass is 32.2. The van der Waals surface area contributed by atoms with Crippen molar-refractivity contribution in [2.24, 2.45) is 0 Å². The fourth-order valence-electron chi connectivity index (χ4n) is 2.64. The molecule has 0 N–H and O–H groups in total. The summed E-state index contributed by atoms with van der Waals surface area (Å²) in [5.41, 5.74) is 0. The Morgan fingerprint density at radius 3 is 1.48 bits per heavy atom. The highest BCUT2D eigenvalue weighted by molar-refractivity contribution is 7.91. The second-order valence-electron chi connectivity index (χ2n) is 5.66. The molecule has 4 rings (SSSR count). The molecule has 4 aromatic rings. The maximum atomic E-state index is 13.5. The van der Waals surface area contributed by atoms with E-state index in [0.717, 1.165) is 24.3 Å². The van der Waals surface area contributed by atoms with E-state index in [-0.39, 0.29) is 10.8 Å². The van der Waals surface area contributed by atoms with Gasteiger partial charge in [-0.15, -0.1) is 0 Å². The van der Waals surface area contributed by atoms with Crippen LogP contribution in [0.15, 0.2) is 67.9 Å². The summed E-state index contributed by atoms with van der Waals surface area (Å²) in [5.74, 6) is -1.16. The van der Waals surface area contributed by atoms with Crippen LogP contribution in [0.4, 0.5) is 8.78 Å². The molecule has 0 aliphatic heterocycles. The minimum absolute atomic E-state index is 0.237. The lowest BCUT2D eigenvalue weighted by Crippen LogP contribution is -2.18. The Morgan fingerprint density at radius 2 is 1.07 bits per heavy atom. The van der Waals surface area contributed by atoms with E-state index < -0.39 is 40.7 Å². The molecule has 0 spiro atoms. The molecule has 0 aliphatic rings. The van der Waals surface area contributed by atoms with Gasteiger partial charge in [0.25, 0.3) is 9.48 Å². The van der Waals surface area contributed by atoms with E-state index in [2.05, 4.69) is 0 Å². The van der Waals surface area contributed by atoms with E-state index >= 15 is 0 Å². The molecule has 0 saturated heterocycles. The zero-order valence-corrected chi connectivity index (χ0v) is 15.7. The van der Waals surface area contributed by atoms with Crippen molar-refractivity contribution < 1.29 is 17.2 Å². The molecular weight excluding hydrogens is 414 g/mol. The molecule has 0 amide bonds. The van der Waals surface area contributed by atoms with Crippen LogP contribution in [0, 0.1) is 11.6 Å². The molecule has 4 nitrogen and oxygen atoms in total. The second kappa shape index (κ2) is 6.29.